The maximum atomic E-state index is 9.97. The van der Waals surface area contributed by atoms with Crippen molar-refractivity contribution in [2.24, 2.45) is 0 Å². The largest absolute Gasteiger partial charge is 0.504 e. The minimum Gasteiger partial charge on any atom is -0.147 e. The van der Waals surface area contributed by atoms with Gasteiger partial charge in [-0.25, -0.2) is 0 Å². The Morgan fingerprint density at radius 3 is 2.14 bits per heavy atom. The monoisotopic (exact) mass is 137 g/mol. The molecule has 4 heteroatoms. The molecule has 0 radical (unpaired) electrons. The smallest absolute Gasteiger partial charge is 0.147 e. The molecule has 0 saturated heterocycles. The van der Waals surface area contributed by atoms with Crippen molar-refractivity contribution in [3.63, 3.8) is 0 Å². The molecule has 0 bridgehead atoms. The van der Waals surface area contributed by atoms with Gasteiger partial charge in [0.25, 0.3) is 0 Å². The maximum absolute atomic E-state index is 9.97. The van der Waals surface area contributed by atoms with Crippen LogP contribution in [0.15, 0.2) is 0 Å². The Labute approximate surface area is 55.2 Å². The summed E-state index contributed by atoms with van der Waals surface area (Å²) in [6.07, 6.45) is 0. The Hall–Kier alpha value is 0.592. The lowest BCUT2D eigenvalue weighted by molar-refractivity contribution is 0.354. The predicted molar refractivity (Wildman–Crippen MR) is 35.1 cm³/mol. The Morgan fingerprint density at radius 1 is 1.71 bits per heavy atom. The summed E-state index contributed by atoms with van der Waals surface area (Å²) in [5, 5.41) is 0. The lowest BCUT2D eigenvalue weighted by Gasteiger charge is -1.70. The summed E-state index contributed by atoms with van der Waals surface area (Å²) >= 11 is 0. The van der Waals surface area contributed by atoms with Crippen LogP contribution in [0.5, 0.6) is 0 Å². The van der Waals surface area contributed by atoms with E-state index >= 15 is 0 Å². The normalized spacial score (nSPS) is 9.71. The summed E-state index contributed by atoms with van der Waals surface area (Å²) < 4.78 is 14.5. The standard InChI is InChI=1S/C3H8O2P.Al.3H/c1-3-5-6(2)4;;;;/h3H2,1-2H3;;;;/q+1;;;;. The highest BCUT2D eigenvalue weighted by molar-refractivity contribution is 7.38. The second-order valence-electron chi connectivity index (χ2n) is 0.857. The van der Waals surface area contributed by atoms with Crippen LogP contribution in [0.3, 0.4) is 0 Å². The first-order valence-corrected chi connectivity index (χ1v) is 3.43. The molecule has 0 N–H and O–H groups in total. The van der Waals surface area contributed by atoms with E-state index in [1.54, 1.807) is 6.66 Å². The predicted octanol–water partition coefficient (Wildman–Crippen LogP) is 0.211. The van der Waals surface area contributed by atoms with Gasteiger partial charge in [-0.3, -0.25) is 0 Å². The van der Waals surface area contributed by atoms with Gasteiger partial charge in [0.2, 0.25) is 0 Å². The van der Waals surface area contributed by atoms with E-state index in [9.17, 15) is 4.57 Å². The van der Waals surface area contributed by atoms with Crippen LogP contribution >= 0.6 is 8.03 Å². The van der Waals surface area contributed by atoms with E-state index in [0.29, 0.717) is 6.61 Å². The molecule has 0 aliphatic heterocycles. The number of rotatable bonds is 2. The van der Waals surface area contributed by atoms with E-state index in [-0.39, 0.29) is 17.4 Å². The van der Waals surface area contributed by atoms with Crippen molar-refractivity contribution in [2.45, 2.75) is 6.92 Å². The molecule has 2 nitrogen and oxygen atoms in total. The summed E-state index contributed by atoms with van der Waals surface area (Å²) in [6.45, 7) is 3.90. The minimum atomic E-state index is -1.35. The van der Waals surface area contributed by atoms with Crippen molar-refractivity contribution in [3.05, 3.63) is 0 Å². The van der Waals surface area contributed by atoms with E-state index in [2.05, 4.69) is 4.52 Å². The summed E-state index contributed by atoms with van der Waals surface area (Å²) in [4.78, 5) is 0. The van der Waals surface area contributed by atoms with Crippen LogP contribution in [0.2, 0.25) is 0 Å². The van der Waals surface area contributed by atoms with E-state index in [4.69, 9.17) is 0 Å². The highest BCUT2D eigenvalue weighted by Gasteiger charge is 2.00. The van der Waals surface area contributed by atoms with Gasteiger partial charge in [-0.1, -0.05) is 0 Å². The zero-order valence-corrected chi connectivity index (χ0v) is 4.87. The zero-order valence-electron chi connectivity index (χ0n) is 3.97. The molecule has 0 amide bonds. The summed E-state index contributed by atoms with van der Waals surface area (Å²) in [6, 6.07) is 0. The van der Waals surface area contributed by atoms with E-state index in [0.717, 1.165) is 0 Å². The quantitative estimate of drug-likeness (QED) is 0.401. The molecule has 0 aliphatic rings. The van der Waals surface area contributed by atoms with Gasteiger partial charge in [-0.2, -0.15) is 0 Å². The van der Waals surface area contributed by atoms with Gasteiger partial charge in [0.1, 0.15) is 0 Å². The van der Waals surface area contributed by atoms with Crippen molar-refractivity contribution in [2.75, 3.05) is 13.3 Å². The van der Waals surface area contributed by atoms with Gasteiger partial charge in [0.05, 0.1) is 6.61 Å². The van der Waals surface area contributed by atoms with Crippen molar-refractivity contribution in [3.8, 4) is 0 Å². The average Bonchev–Trinajstić information content (AvgIpc) is 1.35. The molecule has 0 aromatic carbocycles. The molecule has 0 aromatic heterocycles. The van der Waals surface area contributed by atoms with Crippen LogP contribution in [0.25, 0.3) is 0 Å². The van der Waals surface area contributed by atoms with Gasteiger partial charge in [-0.05, 0) is 11.5 Å². The third-order valence-electron chi connectivity index (χ3n) is 0.311. The van der Waals surface area contributed by atoms with Crippen molar-refractivity contribution >= 4 is 25.4 Å². The molecular weight excluding hydrogens is 126 g/mol. The molecule has 1 atom stereocenters. The summed E-state index contributed by atoms with van der Waals surface area (Å²) in [5.74, 6) is 0. The fourth-order valence-electron chi connectivity index (χ4n) is 0.182. The topological polar surface area (TPSA) is 26.3 Å². The number of hydrogen-bond acceptors (Lipinski definition) is 2. The first-order chi connectivity index (χ1) is 2.77. The fraction of sp³-hybridized carbons (Fsp3) is 1.00. The second-order valence-corrected chi connectivity index (χ2v) is 2.00. The third kappa shape index (κ3) is 10.8. The van der Waals surface area contributed by atoms with Gasteiger partial charge >= 0.3 is 8.03 Å². The van der Waals surface area contributed by atoms with Crippen molar-refractivity contribution < 1.29 is 9.09 Å². The fourth-order valence-corrected chi connectivity index (χ4v) is 0.545. The Balaban J connectivity index is 0. The average molecular weight is 137 g/mol. The van der Waals surface area contributed by atoms with Gasteiger partial charge < -0.3 is 0 Å². The van der Waals surface area contributed by atoms with Crippen LogP contribution in [0.1, 0.15) is 6.92 Å². The van der Waals surface area contributed by atoms with Crippen LogP contribution < -0.4 is 0 Å². The summed E-state index contributed by atoms with van der Waals surface area (Å²) in [5.41, 5.74) is 0. The SMILES string of the molecule is CCO[P+](C)=O.[AlH3]. The molecule has 0 spiro atoms. The molecule has 1 unspecified atom stereocenters. The highest BCUT2D eigenvalue weighted by Crippen LogP contribution is 2.12. The lowest BCUT2D eigenvalue weighted by Crippen LogP contribution is -1.72. The van der Waals surface area contributed by atoms with Crippen LogP contribution in [-0.2, 0) is 9.09 Å². The van der Waals surface area contributed by atoms with Crippen molar-refractivity contribution in [1.82, 2.24) is 0 Å². The molecule has 42 valence electrons. The first-order valence-electron chi connectivity index (χ1n) is 1.81. The summed E-state index contributed by atoms with van der Waals surface area (Å²) in [7, 11) is -1.35. The number of hydrogen-bond donors (Lipinski definition) is 0. The van der Waals surface area contributed by atoms with Gasteiger partial charge in [0.15, 0.2) is 24.0 Å². The molecule has 0 fully saturated rings. The van der Waals surface area contributed by atoms with Crippen molar-refractivity contribution in [1.29, 1.82) is 0 Å². The van der Waals surface area contributed by atoms with Gasteiger partial charge in [-0.15, -0.1) is 4.52 Å². The van der Waals surface area contributed by atoms with Crippen LogP contribution in [0, 0.1) is 0 Å². The molecule has 0 aromatic rings. The van der Waals surface area contributed by atoms with E-state index < -0.39 is 8.03 Å². The second kappa shape index (κ2) is 6.59. The third-order valence-corrected chi connectivity index (χ3v) is 0.933. The molecular formula is C3H11AlO2P+. The Kier molecular flexibility index (Phi) is 9.94. The minimum absolute atomic E-state index is 0. The van der Waals surface area contributed by atoms with Crippen LogP contribution in [-0.4, -0.2) is 30.6 Å². The Morgan fingerprint density at radius 2 is 2.14 bits per heavy atom. The highest BCUT2D eigenvalue weighted by atomic mass is 31.1. The molecule has 0 aliphatic carbocycles. The van der Waals surface area contributed by atoms with Crippen LogP contribution in [0.4, 0.5) is 0 Å². The Bertz CT molecular complexity index is 56.9. The zero-order chi connectivity index (χ0) is 4.99. The molecule has 0 saturated carbocycles. The molecule has 7 heavy (non-hydrogen) atoms. The molecule has 0 heterocycles. The van der Waals surface area contributed by atoms with Gasteiger partial charge in [0, 0.05) is 0 Å². The van der Waals surface area contributed by atoms with E-state index in [1.165, 1.54) is 0 Å². The van der Waals surface area contributed by atoms with E-state index in [1.807, 2.05) is 6.92 Å². The maximum Gasteiger partial charge on any atom is 0.504 e. The first kappa shape index (κ1) is 10.6. The molecule has 0 rings (SSSR count). The lowest BCUT2D eigenvalue weighted by atomic mass is 10.9.